The van der Waals surface area contributed by atoms with Gasteiger partial charge in [0.15, 0.2) is 0 Å². The summed E-state index contributed by atoms with van der Waals surface area (Å²) in [6.45, 7) is 2.85. The molecule has 1 aromatic rings. The molecule has 1 aliphatic heterocycles. The number of carbonyl (C=O) groups excluding carboxylic acids is 1. The number of rotatable bonds is 4. The fraction of sp³-hybridized carbons (Fsp3) is 0.500. The van der Waals surface area contributed by atoms with E-state index in [-0.39, 0.29) is 11.6 Å². The highest BCUT2D eigenvalue weighted by atomic mass is 32.2. The van der Waals surface area contributed by atoms with Crippen molar-refractivity contribution in [2.24, 2.45) is 0 Å². The lowest BCUT2D eigenvalue weighted by Gasteiger charge is -2.19. The van der Waals surface area contributed by atoms with Gasteiger partial charge < -0.3 is 16.0 Å². The molecule has 1 aliphatic rings. The van der Waals surface area contributed by atoms with Crippen molar-refractivity contribution in [3.63, 3.8) is 0 Å². The zero-order valence-electron chi connectivity index (χ0n) is 11.4. The van der Waals surface area contributed by atoms with Crippen LogP contribution < -0.4 is 11.1 Å². The molecule has 2 rings (SSSR count). The van der Waals surface area contributed by atoms with Crippen LogP contribution in [0.15, 0.2) is 18.2 Å². The number of nitrogens with two attached hydrogens (primary N) is 1. The van der Waals surface area contributed by atoms with Crippen LogP contribution in [0, 0.1) is 5.82 Å². The second kappa shape index (κ2) is 7.50. The zero-order chi connectivity index (χ0) is 14.4. The van der Waals surface area contributed by atoms with Crippen molar-refractivity contribution in [2.75, 3.05) is 42.2 Å². The first-order chi connectivity index (χ1) is 9.65. The fourth-order valence-electron chi connectivity index (χ4n) is 2.14. The van der Waals surface area contributed by atoms with Gasteiger partial charge in [-0.3, -0.25) is 4.79 Å². The van der Waals surface area contributed by atoms with E-state index >= 15 is 0 Å². The third-order valence-corrected chi connectivity index (χ3v) is 4.31. The Balaban J connectivity index is 1.79. The second-order valence-electron chi connectivity index (χ2n) is 4.84. The zero-order valence-corrected chi connectivity index (χ0v) is 12.2. The number of benzene rings is 1. The molecule has 3 N–H and O–H groups in total. The van der Waals surface area contributed by atoms with Crippen molar-refractivity contribution in [3.05, 3.63) is 24.0 Å². The van der Waals surface area contributed by atoms with Crippen molar-refractivity contribution in [2.45, 2.75) is 12.8 Å². The Morgan fingerprint density at radius 1 is 1.40 bits per heavy atom. The van der Waals surface area contributed by atoms with Gasteiger partial charge in [0, 0.05) is 25.3 Å². The quantitative estimate of drug-likeness (QED) is 0.836. The summed E-state index contributed by atoms with van der Waals surface area (Å²) in [6.07, 6.45) is 1.61. The normalized spacial score (nSPS) is 16.6. The number of carbonyl (C=O) groups is 1. The van der Waals surface area contributed by atoms with Gasteiger partial charge in [-0.15, -0.1) is 0 Å². The van der Waals surface area contributed by atoms with E-state index in [2.05, 4.69) is 10.2 Å². The third-order valence-electron chi connectivity index (χ3n) is 3.26. The largest absolute Gasteiger partial charge is 0.397 e. The molecule has 0 atom stereocenters. The highest BCUT2D eigenvalue weighted by Gasteiger charge is 2.12. The molecule has 1 saturated heterocycles. The number of amides is 1. The Hall–Kier alpha value is -1.27. The van der Waals surface area contributed by atoms with Crippen molar-refractivity contribution in [3.8, 4) is 0 Å². The fourth-order valence-corrected chi connectivity index (χ4v) is 3.07. The molecule has 0 aromatic heterocycles. The molecule has 0 saturated carbocycles. The van der Waals surface area contributed by atoms with E-state index in [1.54, 1.807) is 0 Å². The number of hydrogen-bond donors (Lipinski definition) is 2. The van der Waals surface area contributed by atoms with Gasteiger partial charge in [-0.2, -0.15) is 11.8 Å². The summed E-state index contributed by atoms with van der Waals surface area (Å²) in [5.41, 5.74) is 6.39. The topological polar surface area (TPSA) is 58.4 Å². The van der Waals surface area contributed by atoms with Crippen LogP contribution in [-0.4, -0.2) is 41.9 Å². The number of thioether (sulfide) groups is 1. The van der Waals surface area contributed by atoms with E-state index in [4.69, 9.17) is 5.73 Å². The van der Waals surface area contributed by atoms with Crippen LogP contribution in [0.1, 0.15) is 12.8 Å². The summed E-state index contributed by atoms with van der Waals surface area (Å²) in [4.78, 5) is 14.2. The Labute approximate surface area is 122 Å². The highest BCUT2D eigenvalue weighted by Crippen LogP contribution is 2.19. The predicted molar refractivity (Wildman–Crippen MR) is 82.4 cm³/mol. The number of nitrogens with one attached hydrogen (secondary N) is 1. The molecular formula is C14H20FN3OS. The van der Waals surface area contributed by atoms with E-state index in [1.807, 2.05) is 11.8 Å². The minimum absolute atomic E-state index is 0.0831. The van der Waals surface area contributed by atoms with Gasteiger partial charge in [-0.05, 0) is 36.9 Å². The van der Waals surface area contributed by atoms with Crippen LogP contribution in [-0.2, 0) is 4.79 Å². The molecular weight excluding hydrogens is 277 g/mol. The average Bonchev–Trinajstić information content (AvgIpc) is 2.68. The van der Waals surface area contributed by atoms with Gasteiger partial charge >= 0.3 is 0 Å². The molecule has 6 heteroatoms. The van der Waals surface area contributed by atoms with Gasteiger partial charge in [0.2, 0.25) is 5.91 Å². The summed E-state index contributed by atoms with van der Waals surface area (Å²) in [7, 11) is 0. The molecule has 0 bridgehead atoms. The molecule has 0 aliphatic carbocycles. The lowest BCUT2D eigenvalue weighted by molar-refractivity contribution is -0.116. The van der Waals surface area contributed by atoms with E-state index in [0.29, 0.717) is 12.1 Å². The SMILES string of the molecule is Nc1cc(F)ccc1NC(=O)CCN1CCCSCC1. The summed E-state index contributed by atoms with van der Waals surface area (Å²) >= 11 is 1.97. The van der Waals surface area contributed by atoms with Crippen LogP contribution in [0.5, 0.6) is 0 Å². The van der Waals surface area contributed by atoms with Crippen LogP contribution in [0.4, 0.5) is 15.8 Å². The van der Waals surface area contributed by atoms with E-state index < -0.39 is 5.82 Å². The molecule has 4 nitrogen and oxygen atoms in total. The lowest BCUT2D eigenvalue weighted by atomic mass is 10.2. The maximum atomic E-state index is 12.9. The highest BCUT2D eigenvalue weighted by molar-refractivity contribution is 7.99. The number of hydrogen-bond acceptors (Lipinski definition) is 4. The number of nitrogen functional groups attached to an aromatic ring is 1. The van der Waals surface area contributed by atoms with Gasteiger partial charge in [-0.1, -0.05) is 0 Å². The maximum absolute atomic E-state index is 12.9. The maximum Gasteiger partial charge on any atom is 0.225 e. The van der Waals surface area contributed by atoms with Crippen LogP contribution in [0.3, 0.4) is 0 Å². The molecule has 1 heterocycles. The van der Waals surface area contributed by atoms with Crippen LogP contribution in [0.25, 0.3) is 0 Å². The Morgan fingerprint density at radius 2 is 2.25 bits per heavy atom. The monoisotopic (exact) mass is 297 g/mol. The Morgan fingerprint density at radius 3 is 3.05 bits per heavy atom. The van der Waals surface area contributed by atoms with Crippen molar-refractivity contribution >= 4 is 29.0 Å². The minimum Gasteiger partial charge on any atom is -0.397 e. The summed E-state index contributed by atoms with van der Waals surface area (Å²) in [5, 5.41) is 2.73. The van der Waals surface area contributed by atoms with Crippen LogP contribution >= 0.6 is 11.8 Å². The molecule has 1 fully saturated rings. The first-order valence-corrected chi connectivity index (χ1v) is 7.95. The molecule has 0 unspecified atom stereocenters. The number of halogens is 1. The third kappa shape index (κ3) is 4.68. The molecule has 110 valence electrons. The average molecular weight is 297 g/mol. The minimum atomic E-state index is -0.400. The van der Waals surface area contributed by atoms with Crippen molar-refractivity contribution in [1.29, 1.82) is 0 Å². The van der Waals surface area contributed by atoms with E-state index in [0.717, 1.165) is 25.4 Å². The lowest BCUT2D eigenvalue weighted by Crippen LogP contribution is -2.29. The van der Waals surface area contributed by atoms with Gasteiger partial charge in [0.25, 0.3) is 0 Å². The first-order valence-electron chi connectivity index (χ1n) is 6.80. The van der Waals surface area contributed by atoms with Gasteiger partial charge in [0.05, 0.1) is 11.4 Å². The standard InChI is InChI=1S/C14H20FN3OS/c15-11-2-3-13(12(16)10-11)17-14(19)4-6-18-5-1-8-20-9-7-18/h2-3,10H,1,4-9,16H2,(H,17,19). The number of anilines is 2. The summed E-state index contributed by atoms with van der Waals surface area (Å²) in [6, 6.07) is 3.99. The number of nitrogens with zero attached hydrogens (tertiary/aromatic N) is 1. The molecule has 0 spiro atoms. The molecule has 20 heavy (non-hydrogen) atoms. The van der Waals surface area contributed by atoms with E-state index in [1.165, 1.54) is 30.4 Å². The van der Waals surface area contributed by atoms with Gasteiger partial charge in [0.1, 0.15) is 5.82 Å². The van der Waals surface area contributed by atoms with Crippen molar-refractivity contribution in [1.82, 2.24) is 4.90 Å². The molecule has 0 radical (unpaired) electrons. The predicted octanol–water partition coefficient (Wildman–Crippen LogP) is 2.18. The molecule has 1 aromatic carbocycles. The smallest absolute Gasteiger partial charge is 0.225 e. The molecule has 1 amide bonds. The van der Waals surface area contributed by atoms with E-state index in [9.17, 15) is 9.18 Å². The van der Waals surface area contributed by atoms with Crippen LogP contribution in [0.2, 0.25) is 0 Å². The van der Waals surface area contributed by atoms with Gasteiger partial charge in [-0.25, -0.2) is 4.39 Å². The Kier molecular flexibility index (Phi) is 5.67. The first kappa shape index (κ1) is 15.1. The second-order valence-corrected chi connectivity index (χ2v) is 6.06. The summed E-state index contributed by atoms with van der Waals surface area (Å²) < 4.78 is 12.9. The van der Waals surface area contributed by atoms with Crippen molar-refractivity contribution < 1.29 is 9.18 Å². The Bertz CT molecular complexity index is 462. The summed E-state index contributed by atoms with van der Waals surface area (Å²) in [5.74, 6) is 1.85.